The monoisotopic (exact) mass is 344 g/mol. The lowest BCUT2D eigenvalue weighted by Gasteiger charge is -2.16. The predicted molar refractivity (Wildman–Crippen MR) is 79.4 cm³/mol. The fourth-order valence-corrected chi connectivity index (χ4v) is 2.73. The molecular weight excluding hydrogens is 335 g/mol. The average Bonchev–Trinajstić information content (AvgIpc) is 2.32. The van der Waals surface area contributed by atoms with Crippen LogP contribution in [0, 0.1) is 6.92 Å². The lowest BCUT2D eigenvalue weighted by molar-refractivity contribution is 0.219. The fourth-order valence-electron chi connectivity index (χ4n) is 1.85. The lowest BCUT2D eigenvalue weighted by Crippen LogP contribution is -2.03. The smallest absolute Gasteiger partial charge is 0.106 e. The summed E-state index contributed by atoms with van der Waals surface area (Å²) in [5.74, 6) is 0. The molecule has 1 nitrogen and oxygen atoms in total. The van der Waals surface area contributed by atoms with E-state index in [0.29, 0.717) is 15.6 Å². The molecule has 0 fully saturated rings. The van der Waals surface area contributed by atoms with Crippen LogP contribution in [0.25, 0.3) is 0 Å². The molecule has 1 atom stereocenters. The summed E-state index contributed by atoms with van der Waals surface area (Å²) in [6, 6.07) is 11.0. The molecule has 2 rings (SSSR count). The van der Waals surface area contributed by atoms with Gasteiger partial charge in [0.1, 0.15) is 6.10 Å². The van der Waals surface area contributed by atoms with Crippen molar-refractivity contribution in [2.45, 2.75) is 13.0 Å². The van der Waals surface area contributed by atoms with Gasteiger partial charge in [0.25, 0.3) is 0 Å². The Morgan fingerprint density at radius 3 is 2.50 bits per heavy atom. The number of benzene rings is 2. The highest BCUT2D eigenvalue weighted by molar-refractivity contribution is 9.10. The van der Waals surface area contributed by atoms with Crippen LogP contribution in [0.3, 0.4) is 0 Å². The van der Waals surface area contributed by atoms with Gasteiger partial charge in [-0.1, -0.05) is 57.3 Å². The van der Waals surface area contributed by atoms with Crippen molar-refractivity contribution in [3.05, 3.63) is 67.6 Å². The zero-order valence-electron chi connectivity index (χ0n) is 9.62. The second kappa shape index (κ2) is 5.62. The van der Waals surface area contributed by atoms with E-state index in [2.05, 4.69) is 15.9 Å². The highest BCUT2D eigenvalue weighted by Gasteiger charge is 2.17. The molecular formula is C14H11BrCl2O. The van der Waals surface area contributed by atoms with Gasteiger partial charge in [-0.2, -0.15) is 0 Å². The molecule has 2 aromatic carbocycles. The van der Waals surface area contributed by atoms with Crippen molar-refractivity contribution in [3.8, 4) is 0 Å². The van der Waals surface area contributed by atoms with E-state index in [1.807, 2.05) is 25.1 Å². The van der Waals surface area contributed by atoms with Crippen molar-refractivity contribution in [2.24, 2.45) is 0 Å². The van der Waals surface area contributed by atoms with Crippen LogP contribution in [-0.2, 0) is 0 Å². The first kappa shape index (κ1) is 13.9. The Bertz CT molecular complexity index is 584. The van der Waals surface area contributed by atoms with Gasteiger partial charge in [-0.25, -0.2) is 0 Å². The summed E-state index contributed by atoms with van der Waals surface area (Å²) in [5, 5.41) is 11.3. The number of aryl methyl sites for hydroxylation is 1. The van der Waals surface area contributed by atoms with Gasteiger partial charge in [0.05, 0.1) is 10.0 Å². The first-order chi connectivity index (χ1) is 8.50. The SMILES string of the molecule is Cc1cc(Br)ccc1C(O)c1cccc(Cl)c1Cl. The number of hydrogen-bond acceptors (Lipinski definition) is 1. The first-order valence-corrected chi connectivity index (χ1v) is 6.93. The van der Waals surface area contributed by atoms with Crippen LogP contribution in [-0.4, -0.2) is 5.11 Å². The minimum atomic E-state index is -0.774. The van der Waals surface area contributed by atoms with Crippen molar-refractivity contribution >= 4 is 39.1 Å². The minimum Gasteiger partial charge on any atom is -0.384 e. The summed E-state index contributed by atoms with van der Waals surface area (Å²) in [7, 11) is 0. The number of rotatable bonds is 2. The topological polar surface area (TPSA) is 20.2 Å². The van der Waals surface area contributed by atoms with Crippen LogP contribution in [0.15, 0.2) is 40.9 Å². The average molecular weight is 346 g/mol. The molecule has 1 N–H and O–H groups in total. The molecule has 1 unspecified atom stereocenters. The van der Waals surface area contributed by atoms with Gasteiger partial charge in [-0.05, 0) is 36.2 Å². The number of halogens is 3. The molecule has 4 heteroatoms. The molecule has 0 aliphatic carbocycles. The van der Waals surface area contributed by atoms with Crippen LogP contribution < -0.4 is 0 Å². The van der Waals surface area contributed by atoms with Crippen LogP contribution in [0.1, 0.15) is 22.8 Å². The molecule has 0 saturated heterocycles. The normalized spacial score (nSPS) is 12.5. The predicted octanol–water partition coefficient (Wildman–Crippen LogP) is 5.15. The molecule has 0 aliphatic rings. The molecule has 94 valence electrons. The van der Waals surface area contributed by atoms with Gasteiger partial charge < -0.3 is 5.11 Å². The Morgan fingerprint density at radius 2 is 1.83 bits per heavy atom. The third kappa shape index (κ3) is 2.72. The third-order valence-corrected chi connectivity index (χ3v) is 4.13. The van der Waals surface area contributed by atoms with Gasteiger partial charge >= 0.3 is 0 Å². The van der Waals surface area contributed by atoms with Crippen molar-refractivity contribution in [3.63, 3.8) is 0 Å². The zero-order chi connectivity index (χ0) is 13.3. The highest BCUT2D eigenvalue weighted by Crippen LogP contribution is 2.34. The fraction of sp³-hybridized carbons (Fsp3) is 0.143. The van der Waals surface area contributed by atoms with Gasteiger partial charge in [0, 0.05) is 10.0 Å². The second-order valence-corrected chi connectivity index (χ2v) is 5.75. The molecule has 0 radical (unpaired) electrons. The largest absolute Gasteiger partial charge is 0.384 e. The Labute approximate surface area is 124 Å². The summed E-state index contributed by atoms with van der Waals surface area (Å²) < 4.78 is 0.980. The maximum Gasteiger partial charge on any atom is 0.106 e. The summed E-state index contributed by atoms with van der Waals surface area (Å²) in [6.07, 6.45) is -0.774. The summed E-state index contributed by atoms with van der Waals surface area (Å²) in [5.41, 5.74) is 2.44. The van der Waals surface area contributed by atoms with E-state index in [-0.39, 0.29) is 0 Å². The zero-order valence-corrected chi connectivity index (χ0v) is 12.7. The molecule has 0 bridgehead atoms. The molecule has 0 aromatic heterocycles. The maximum atomic E-state index is 10.4. The van der Waals surface area contributed by atoms with E-state index in [4.69, 9.17) is 23.2 Å². The standard InChI is InChI=1S/C14H11BrCl2O/c1-8-7-9(15)5-6-10(8)14(18)11-3-2-4-12(16)13(11)17/h2-7,14,18H,1H3. The molecule has 0 spiro atoms. The van der Waals surface area contributed by atoms with E-state index in [1.165, 1.54) is 0 Å². The van der Waals surface area contributed by atoms with Gasteiger partial charge in [0.15, 0.2) is 0 Å². The van der Waals surface area contributed by atoms with Crippen LogP contribution >= 0.6 is 39.1 Å². The Balaban J connectivity index is 2.48. The summed E-state index contributed by atoms with van der Waals surface area (Å²) >= 11 is 15.5. The Hall–Kier alpha value is -0.540. The van der Waals surface area contributed by atoms with Crippen molar-refractivity contribution in [2.75, 3.05) is 0 Å². The molecule has 0 amide bonds. The first-order valence-electron chi connectivity index (χ1n) is 5.38. The highest BCUT2D eigenvalue weighted by atomic mass is 79.9. The van der Waals surface area contributed by atoms with E-state index in [1.54, 1.807) is 18.2 Å². The summed E-state index contributed by atoms with van der Waals surface area (Å²) in [4.78, 5) is 0. The lowest BCUT2D eigenvalue weighted by atomic mass is 9.97. The number of hydrogen-bond donors (Lipinski definition) is 1. The van der Waals surface area contributed by atoms with E-state index in [0.717, 1.165) is 15.6 Å². The molecule has 18 heavy (non-hydrogen) atoms. The van der Waals surface area contributed by atoms with Gasteiger partial charge in [-0.3, -0.25) is 0 Å². The third-order valence-electron chi connectivity index (χ3n) is 2.80. The van der Waals surface area contributed by atoms with Gasteiger partial charge in [0.2, 0.25) is 0 Å². The molecule has 0 aliphatic heterocycles. The van der Waals surface area contributed by atoms with E-state index >= 15 is 0 Å². The van der Waals surface area contributed by atoms with Crippen LogP contribution in [0.2, 0.25) is 10.0 Å². The number of aliphatic hydroxyl groups is 1. The minimum absolute atomic E-state index is 0.397. The van der Waals surface area contributed by atoms with Crippen LogP contribution in [0.5, 0.6) is 0 Å². The van der Waals surface area contributed by atoms with Gasteiger partial charge in [-0.15, -0.1) is 0 Å². The quantitative estimate of drug-likeness (QED) is 0.798. The number of aliphatic hydroxyl groups excluding tert-OH is 1. The maximum absolute atomic E-state index is 10.4. The Kier molecular flexibility index (Phi) is 4.33. The van der Waals surface area contributed by atoms with Crippen molar-refractivity contribution in [1.82, 2.24) is 0 Å². The molecule has 0 saturated carbocycles. The van der Waals surface area contributed by atoms with Crippen molar-refractivity contribution < 1.29 is 5.11 Å². The molecule has 2 aromatic rings. The second-order valence-electron chi connectivity index (χ2n) is 4.05. The Morgan fingerprint density at radius 1 is 1.11 bits per heavy atom. The van der Waals surface area contributed by atoms with Crippen molar-refractivity contribution in [1.29, 1.82) is 0 Å². The summed E-state index contributed by atoms with van der Waals surface area (Å²) in [6.45, 7) is 1.95. The molecule has 0 heterocycles. The van der Waals surface area contributed by atoms with Crippen LogP contribution in [0.4, 0.5) is 0 Å². The van der Waals surface area contributed by atoms with E-state index < -0.39 is 6.10 Å². The van der Waals surface area contributed by atoms with E-state index in [9.17, 15) is 5.11 Å².